The van der Waals surface area contributed by atoms with Crippen molar-refractivity contribution < 1.29 is 8.42 Å². The van der Waals surface area contributed by atoms with Crippen molar-refractivity contribution in [2.75, 3.05) is 4.72 Å². The highest BCUT2D eigenvalue weighted by Gasteiger charge is 2.19. The maximum Gasteiger partial charge on any atom is 0.272 e. The molecule has 0 saturated carbocycles. The highest BCUT2D eigenvalue weighted by atomic mass is 79.9. The van der Waals surface area contributed by atoms with E-state index >= 15 is 0 Å². The summed E-state index contributed by atoms with van der Waals surface area (Å²) in [6.45, 7) is 1.80. The number of anilines is 1. The molecule has 0 unspecified atom stereocenters. The first-order valence-corrected chi connectivity index (χ1v) is 8.68. The molecule has 2 aromatic rings. The molecule has 0 aliphatic rings. The topological polar surface area (TPSA) is 59.1 Å². The van der Waals surface area contributed by atoms with Crippen LogP contribution in [0.2, 0.25) is 0 Å². The predicted octanol–water partition coefficient (Wildman–Crippen LogP) is 3.78. The van der Waals surface area contributed by atoms with E-state index in [1.807, 2.05) is 0 Å². The van der Waals surface area contributed by atoms with Crippen LogP contribution in [-0.4, -0.2) is 13.4 Å². The van der Waals surface area contributed by atoms with E-state index in [4.69, 9.17) is 0 Å². The summed E-state index contributed by atoms with van der Waals surface area (Å²) >= 11 is 7.67. The smallest absolute Gasteiger partial charge is 0.263 e. The van der Waals surface area contributed by atoms with Gasteiger partial charge in [0.2, 0.25) is 0 Å². The molecule has 2 heterocycles. The van der Waals surface area contributed by atoms with Crippen molar-refractivity contribution in [1.29, 1.82) is 0 Å². The van der Waals surface area contributed by atoms with Crippen LogP contribution in [0.1, 0.15) is 5.69 Å². The maximum atomic E-state index is 12.1. The molecule has 1 N–H and O–H groups in total. The average molecular weight is 412 g/mol. The van der Waals surface area contributed by atoms with E-state index in [-0.39, 0.29) is 4.21 Å². The molecule has 0 saturated heterocycles. The van der Waals surface area contributed by atoms with Crippen LogP contribution in [0.25, 0.3) is 0 Å². The molecule has 0 atom stereocenters. The van der Waals surface area contributed by atoms with Gasteiger partial charge in [-0.2, -0.15) is 0 Å². The van der Waals surface area contributed by atoms with Gasteiger partial charge in [0.1, 0.15) is 10.0 Å². The first-order valence-electron chi connectivity index (χ1n) is 4.80. The van der Waals surface area contributed by atoms with Gasteiger partial charge in [0, 0.05) is 10.2 Å². The first kappa shape index (κ1) is 14.0. The van der Waals surface area contributed by atoms with Gasteiger partial charge >= 0.3 is 0 Å². The van der Waals surface area contributed by atoms with E-state index < -0.39 is 10.0 Å². The Labute approximate surface area is 126 Å². The quantitative estimate of drug-likeness (QED) is 0.835. The lowest BCUT2D eigenvalue weighted by Crippen LogP contribution is -2.12. The number of nitrogens with one attached hydrogen (secondary N) is 1. The highest BCUT2D eigenvalue weighted by Crippen LogP contribution is 2.35. The molecular weight excluding hydrogens is 404 g/mol. The van der Waals surface area contributed by atoms with Crippen LogP contribution in [0.4, 0.5) is 5.82 Å². The van der Waals surface area contributed by atoms with Gasteiger partial charge in [-0.1, -0.05) is 6.07 Å². The number of sulfonamides is 1. The first-order chi connectivity index (χ1) is 8.38. The van der Waals surface area contributed by atoms with Crippen molar-refractivity contribution in [1.82, 2.24) is 4.98 Å². The second kappa shape index (κ2) is 5.28. The van der Waals surface area contributed by atoms with Crippen molar-refractivity contribution in [3.8, 4) is 0 Å². The Hall–Kier alpha value is -0.440. The molecule has 0 radical (unpaired) electrons. The van der Waals surface area contributed by atoms with E-state index in [2.05, 4.69) is 41.6 Å². The third-order valence-corrected chi connectivity index (χ3v) is 7.10. The number of hydrogen-bond donors (Lipinski definition) is 1. The lowest BCUT2D eigenvalue weighted by atomic mass is 10.4. The summed E-state index contributed by atoms with van der Waals surface area (Å²) in [4.78, 5) is 4.10. The predicted molar refractivity (Wildman–Crippen MR) is 79.5 cm³/mol. The third kappa shape index (κ3) is 3.11. The molecule has 0 bridgehead atoms. The van der Waals surface area contributed by atoms with Gasteiger partial charge in [0.15, 0.2) is 0 Å². The van der Waals surface area contributed by atoms with E-state index in [1.54, 1.807) is 31.2 Å². The third-order valence-electron chi connectivity index (χ3n) is 2.01. The van der Waals surface area contributed by atoms with Gasteiger partial charge in [-0.25, -0.2) is 13.4 Å². The minimum atomic E-state index is -3.59. The molecule has 96 valence electrons. The number of halogens is 2. The lowest BCUT2D eigenvalue weighted by molar-refractivity contribution is 0.603. The number of hydrogen-bond acceptors (Lipinski definition) is 4. The summed E-state index contributed by atoms with van der Waals surface area (Å²) in [5.41, 5.74) is 0.753. The molecule has 2 rings (SSSR count). The van der Waals surface area contributed by atoms with Gasteiger partial charge in [-0.05, 0) is 57.0 Å². The minimum Gasteiger partial charge on any atom is -0.263 e. The molecule has 2 aromatic heterocycles. The number of rotatable bonds is 3. The van der Waals surface area contributed by atoms with E-state index in [9.17, 15) is 8.42 Å². The zero-order valence-corrected chi connectivity index (χ0v) is 14.0. The maximum absolute atomic E-state index is 12.1. The van der Waals surface area contributed by atoms with E-state index in [0.717, 1.165) is 20.8 Å². The Morgan fingerprint density at radius 3 is 2.61 bits per heavy atom. The summed E-state index contributed by atoms with van der Waals surface area (Å²) in [5.74, 6) is 0.315. The zero-order valence-electron chi connectivity index (χ0n) is 9.15. The average Bonchev–Trinajstić information content (AvgIpc) is 2.59. The van der Waals surface area contributed by atoms with Crippen molar-refractivity contribution in [2.24, 2.45) is 0 Å². The molecule has 0 aromatic carbocycles. The number of aromatic nitrogens is 1. The number of pyridine rings is 1. The van der Waals surface area contributed by atoms with Crippen molar-refractivity contribution >= 4 is 59.0 Å². The van der Waals surface area contributed by atoms with Crippen LogP contribution < -0.4 is 4.72 Å². The van der Waals surface area contributed by atoms with Crippen LogP contribution in [0.15, 0.2) is 36.7 Å². The molecular formula is C10H8Br2N2O2S2. The van der Waals surface area contributed by atoms with Gasteiger partial charge in [0.25, 0.3) is 10.0 Å². The molecule has 0 fully saturated rings. The van der Waals surface area contributed by atoms with Crippen LogP contribution in [0.3, 0.4) is 0 Å². The Balaban J connectivity index is 2.33. The SMILES string of the molecule is Cc1cccc(NS(=O)(=O)c2cc(Br)c(Br)s2)n1. The number of nitrogens with zero attached hydrogens (tertiary/aromatic N) is 1. The van der Waals surface area contributed by atoms with Crippen LogP contribution in [-0.2, 0) is 10.0 Å². The van der Waals surface area contributed by atoms with Crippen molar-refractivity contribution in [2.45, 2.75) is 11.1 Å². The fraction of sp³-hybridized carbons (Fsp3) is 0.100. The Morgan fingerprint density at radius 2 is 2.06 bits per heavy atom. The molecule has 0 aliphatic carbocycles. The zero-order chi connectivity index (χ0) is 13.3. The minimum absolute atomic E-state index is 0.226. The second-order valence-corrected chi connectivity index (χ2v) is 8.59. The lowest BCUT2D eigenvalue weighted by Gasteiger charge is -2.05. The Bertz CT molecular complexity index is 663. The molecule has 0 amide bonds. The van der Waals surface area contributed by atoms with Gasteiger partial charge < -0.3 is 0 Å². The fourth-order valence-corrected chi connectivity index (χ4v) is 5.07. The standard InChI is InChI=1S/C10H8Br2N2O2S2/c1-6-3-2-4-8(13-6)14-18(15,16)9-5-7(11)10(12)17-9/h2-5H,1H3,(H,13,14). The second-order valence-electron chi connectivity index (χ2n) is 3.46. The van der Waals surface area contributed by atoms with E-state index in [1.165, 1.54) is 0 Å². The Kier molecular flexibility index (Phi) is 4.10. The highest BCUT2D eigenvalue weighted by molar-refractivity contribution is 9.13. The fourth-order valence-electron chi connectivity index (χ4n) is 1.25. The van der Waals surface area contributed by atoms with E-state index in [0.29, 0.717) is 10.3 Å². The summed E-state index contributed by atoms with van der Waals surface area (Å²) in [5, 5.41) is 0. The van der Waals surface area contributed by atoms with Crippen LogP contribution >= 0.6 is 43.2 Å². The Morgan fingerprint density at radius 1 is 1.33 bits per heavy atom. The number of aryl methyl sites for hydroxylation is 1. The molecule has 0 spiro atoms. The molecule has 8 heteroatoms. The number of thiophene rings is 1. The normalized spacial score (nSPS) is 11.5. The summed E-state index contributed by atoms with van der Waals surface area (Å²) < 4.78 is 28.3. The molecule has 0 aliphatic heterocycles. The van der Waals surface area contributed by atoms with Crippen molar-refractivity contribution in [3.63, 3.8) is 0 Å². The largest absolute Gasteiger partial charge is 0.272 e. The van der Waals surface area contributed by atoms with Gasteiger partial charge in [-0.15, -0.1) is 11.3 Å². The van der Waals surface area contributed by atoms with Crippen molar-refractivity contribution in [3.05, 3.63) is 38.2 Å². The summed E-state index contributed by atoms with van der Waals surface area (Å²) in [7, 11) is -3.59. The van der Waals surface area contributed by atoms with Crippen LogP contribution in [0.5, 0.6) is 0 Å². The monoisotopic (exact) mass is 410 g/mol. The summed E-state index contributed by atoms with van der Waals surface area (Å²) in [6.07, 6.45) is 0. The molecule has 4 nitrogen and oxygen atoms in total. The van der Waals surface area contributed by atoms with Gasteiger partial charge in [-0.3, -0.25) is 4.72 Å². The summed E-state index contributed by atoms with van der Waals surface area (Å²) in [6, 6.07) is 6.71. The molecule has 18 heavy (non-hydrogen) atoms. The van der Waals surface area contributed by atoms with Gasteiger partial charge in [0.05, 0.1) is 3.79 Å². The van der Waals surface area contributed by atoms with Crippen LogP contribution in [0, 0.1) is 6.92 Å².